The van der Waals surface area contributed by atoms with Crippen LogP contribution in [0.2, 0.25) is 0 Å². The fourth-order valence-corrected chi connectivity index (χ4v) is 2.03. The Labute approximate surface area is 115 Å². The molecule has 0 saturated heterocycles. The van der Waals surface area contributed by atoms with Crippen molar-refractivity contribution in [1.29, 1.82) is 0 Å². The van der Waals surface area contributed by atoms with Crippen LogP contribution in [-0.4, -0.2) is 16.1 Å². The first-order valence-electron chi connectivity index (χ1n) is 5.34. The minimum atomic E-state index is -4.38. The number of carboxylic acids is 1. The van der Waals surface area contributed by atoms with E-state index in [1.54, 1.807) is 0 Å². The first kappa shape index (κ1) is 14.3. The molecule has 2 aromatic rings. The number of carboxylic acid groups (broad SMARTS) is 1. The zero-order valence-corrected chi connectivity index (χ0v) is 10.7. The average Bonchev–Trinajstić information content (AvgIpc) is 2.85. The summed E-state index contributed by atoms with van der Waals surface area (Å²) in [5.41, 5.74) is -0.754. The van der Waals surface area contributed by atoms with Gasteiger partial charge in [0.2, 0.25) is 5.01 Å². The molecular weight excluding hydrogens is 295 g/mol. The number of hydrogen-bond donors (Lipinski definition) is 1. The highest BCUT2D eigenvalue weighted by molar-refractivity contribution is 7.13. The molecule has 1 aromatic carbocycles. The Kier molecular flexibility index (Phi) is 3.93. The van der Waals surface area contributed by atoms with Crippen molar-refractivity contribution in [3.8, 4) is 5.75 Å². The second kappa shape index (κ2) is 5.49. The standard InChI is InChI=1S/C12H8F3NO3S/c13-12(14,15)7-1-3-8(4-2-7)19-6-9-5-16-10(20-9)11(17)18/h1-5H,6H2,(H,17,18). The van der Waals surface area contributed by atoms with Gasteiger partial charge in [0.05, 0.1) is 10.4 Å². The van der Waals surface area contributed by atoms with Gasteiger partial charge in [0.1, 0.15) is 12.4 Å². The Bertz CT molecular complexity index is 607. The van der Waals surface area contributed by atoms with E-state index in [0.717, 1.165) is 23.5 Å². The van der Waals surface area contributed by atoms with Gasteiger partial charge in [0.25, 0.3) is 0 Å². The van der Waals surface area contributed by atoms with Crippen molar-refractivity contribution in [2.24, 2.45) is 0 Å². The molecule has 0 bridgehead atoms. The van der Waals surface area contributed by atoms with Crippen molar-refractivity contribution < 1.29 is 27.8 Å². The number of rotatable bonds is 4. The first-order chi connectivity index (χ1) is 9.36. The van der Waals surface area contributed by atoms with Gasteiger partial charge in [-0.2, -0.15) is 13.2 Å². The molecular formula is C12H8F3NO3S. The molecule has 0 amide bonds. The molecule has 0 aliphatic carbocycles. The molecule has 0 spiro atoms. The van der Waals surface area contributed by atoms with Crippen LogP contribution >= 0.6 is 11.3 Å². The highest BCUT2D eigenvalue weighted by Gasteiger charge is 2.30. The molecule has 1 heterocycles. The van der Waals surface area contributed by atoms with Crippen molar-refractivity contribution in [2.75, 3.05) is 0 Å². The SMILES string of the molecule is O=C(O)c1ncc(COc2ccc(C(F)(F)F)cc2)s1. The highest BCUT2D eigenvalue weighted by atomic mass is 32.1. The van der Waals surface area contributed by atoms with E-state index < -0.39 is 17.7 Å². The van der Waals surface area contributed by atoms with E-state index in [-0.39, 0.29) is 17.4 Å². The average molecular weight is 303 g/mol. The van der Waals surface area contributed by atoms with E-state index in [4.69, 9.17) is 9.84 Å². The van der Waals surface area contributed by atoms with Gasteiger partial charge in [-0.1, -0.05) is 0 Å². The smallest absolute Gasteiger partial charge is 0.416 e. The van der Waals surface area contributed by atoms with Crippen LogP contribution in [0.1, 0.15) is 20.2 Å². The number of benzene rings is 1. The maximum absolute atomic E-state index is 12.3. The van der Waals surface area contributed by atoms with Crippen LogP contribution in [0.15, 0.2) is 30.5 Å². The highest BCUT2D eigenvalue weighted by Crippen LogP contribution is 2.30. The molecule has 1 aromatic heterocycles. The van der Waals surface area contributed by atoms with Crippen molar-refractivity contribution in [1.82, 2.24) is 4.98 Å². The molecule has 0 saturated carbocycles. The first-order valence-corrected chi connectivity index (χ1v) is 6.16. The second-order valence-corrected chi connectivity index (χ2v) is 4.86. The van der Waals surface area contributed by atoms with Crippen molar-refractivity contribution in [3.63, 3.8) is 0 Å². The van der Waals surface area contributed by atoms with Gasteiger partial charge >= 0.3 is 12.1 Å². The molecule has 0 unspecified atom stereocenters. The summed E-state index contributed by atoms with van der Waals surface area (Å²) in [6.45, 7) is 0.0519. The molecule has 0 aliphatic rings. The summed E-state index contributed by atoms with van der Waals surface area (Å²) in [5, 5.41) is 8.63. The number of hydrogen-bond acceptors (Lipinski definition) is 4. The lowest BCUT2D eigenvalue weighted by molar-refractivity contribution is -0.137. The van der Waals surface area contributed by atoms with Crippen molar-refractivity contribution in [2.45, 2.75) is 12.8 Å². The topological polar surface area (TPSA) is 59.4 Å². The van der Waals surface area contributed by atoms with Gasteiger partial charge in [-0.15, -0.1) is 11.3 Å². The molecule has 8 heteroatoms. The predicted molar refractivity (Wildman–Crippen MR) is 64.8 cm³/mol. The number of thiazole rings is 1. The molecule has 4 nitrogen and oxygen atoms in total. The van der Waals surface area contributed by atoms with Gasteiger partial charge < -0.3 is 9.84 Å². The Morgan fingerprint density at radius 1 is 1.30 bits per heavy atom. The molecule has 0 radical (unpaired) electrons. The van der Waals surface area contributed by atoms with Crippen LogP contribution in [0.25, 0.3) is 0 Å². The van der Waals surface area contributed by atoms with Crippen LogP contribution in [0.3, 0.4) is 0 Å². The number of carbonyl (C=O) groups is 1. The third kappa shape index (κ3) is 3.47. The van der Waals surface area contributed by atoms with Crippen molar-refractivity contribution >= 4 is 17.3 Å². The van der Waals surface area contributed by atoms with E-state index >= 15 is 0 Å². The number of aromatic carboxylic acids is 1. The van der Waals surface area contributed by atoms with Crippen LogP contribution in [0.5, 0.6) is 5.75 Å². The molecule has 0 fully saturated rings. The van der Waals surface area contributed by atoms with Crippen LogP contribution in [-0.2, 0) is 12.8 Å². The van der Waals surface area contributed by atoms with E-state index in [9.17, 15) is 18.0 Å². The van der Waals surface area contributed by atoms with Gasteiger partial charge in [-0.3, -0.25) is 0 Å². The molecule has 106 valence electrons. The molecule has 0 atom stereocenters. The lowest BCUT2D eigenvalue weighted by atomic mass is 10.2. The maximum Gasteiger partial charge on any atom is 0.416 e. The molecule has 1 N–H and O–H groups in total. The number of nitrogens with zero attached hydrogens (tertiary/aromatic N) is 1. The third-order valence-electron chi connectivity index (χ3n) is 2.30. The Balaban J connectivity index is 1.98. The third-order valence-corrected chi connectivity index (χ3v) is 3.26. The summed E-state index contributed by atoms with van der Waals surface area (Å²) in [6.07, 6.45) is -3.02. The predicted octanol–water partition coefficient (Wildman–Crippen LogP) is 3.44. The number of halogens is 3. The molecule has 20 heavy (non-hydrogen) atoms. The summed E-state index contributed by atoms with van der Waals surface area (Å²) in [7, 11) is 0. The van der Waals surface area contributed by atoms with Gasteiger partial charge in [-0.25, -0.2) is 9.78 Å². The largest absolute Gasteiger partial charge is 0.488 e. The minimum absolute atomic E-state index is 0.0519. The normalized spacial score (nSPS) is 11.3. The fourth-order valence-electron chi connectivity index (χ4n) is 1.37. The quantitative estimate of drug-likeness (QED) is 0.940. The number of ether oxygens (including phenoxy) is 1. The Morgan fingerprint density at radius 2 is 1.95 bits per heavy atom. The molecule has 0 aliphatic heterocycles. The van der Waals surface area contributed by atoms with E-state index in [0.29, 0.717) is 4.88 Å². The lowest BCUT2D eigenvalue weighted by Crippen LogP contribution is -2.04. The van der Waals surface area contributed by atoms with Crippen LogP contribution in [0, 0.1) is 0 Å². The summed E-state index contributed by atoms with van der Waals surface area (Å²) < 4.78 is 42.3. The Hall–Kier alpha value is -2.09. The zero-order valence-electron chi connectivity index (χ0n) is 9.85. The fraction of sp³-hybridized carbons (Fsp3) is 0.167. The summed E-state index contributed by atoms with van der Waals surface area (Å²) in [5.74, 6) is -0.862. The second-order valence-electron chi connectivity index (χ2n) is 3.75. The van der Waals surface area contributed by atoms with E-state index in [1.165, 1.54) is 18.3 Å². The van der Waals surface area contributed by atoms with E-state index in [1.807, 2.05) is 0 Å². The van der Waals surface area contributed by atoms with Crippen molar-refractivity contribution in [3.05, 3.63) is 45.9 Å². The van der Waals surface area contributed by atoms with Gasteiger partial charge in [0.15, 0.2) is 0 Å². The Morgan fingerprint density at radius 3 is 2.45 bits per heavy atom. The molecule has 2 rings (SSSR count). The van der Waals surface area contributed by atoms with E-state index in [2.05, 4.69) is 4.98 Å². The number of alkyl halides is 3. The summed E-state index contributed by atoms with van der Waals surface area (Å²) >= 11 is 0.952. The van der Waals surface area contributed by atoms with Gasteiger partial charge in [-0.05, 0) is 24.3 Å². The van der Waals surface area contributed by atoms with Crippen LogP contribution < -0.4 is 4.74 Å². The maximum atomic E-state index is 12.3. The van der Waals surface area contributed by atoms with Crippen LogP contribution in [0.4, 0.5) is 13.2 Å². The monoisotopic (exact) mass is 303 g/mol. The summed E-state index contributed by atoms with van der Waals surface area (Å²) in [6, 6.07) is 4.26. The summed E-state index contributed by atoms with van der Waals surface area (Å²) in [4.78, 5) is 14.9. The minimum Gasteiger partial charge on any atom is -0.488 e. The number of aromatic nitrogens is 1. The zero-order chi connectivity index (χ0) is 14.8. The lowest BCUT2D eigenvalue weighted by Gasteiger charge is -2.08. The van der Waals surface area contributed by atoms with Gasteiger partial charge in [0, 0.05) is 6.20 Å².